The lowest BCUT2D eigenvalue weighted by Crippen LogP contribution is -2.02. The zero-order valence-electron chi connectivity index (χ0n) is 8.54. The minimum absolute atomic E-state index is 0.303. The molecule has 0 unspecified atom stereocenters. The number of benzene rings is 1. The monoisotopic (exact) mass is 232 g/mol. The molecule has 15 heavy (non-hydrogen) atoms. The van der Waals surface area contributed by atoms with Gasteiger partial charge in [0.2, 0.25) is 0 Å². The Bertz CT molecular complexity index is 315. The fraction of sp³-hybridized carbons (Fsp3) is 0.455. The van der Waals surface area contributed by atoms with Gasteiger partial charge in [0, 0.05) is 17.0 Å². The van der Waals surface area contributed by atoms with Crippen LogP contribution in [0.1, 0.15) is 25.0 Å². The molecule has 84 valence electrons. The summed E-state index contributed by atoms with van der Waals surface area (Å²) < 4.78 is 17.2. The van der Waals surface area contributed by atoms with E-state index in [1.54, 1.807) is 25.1 Å². The lowest BCUT2D eigenvalue weighted by Gasteiger charge is -2.13. The van der Waals surface area contributed by atoms with E-state index in [4.69, 9.17) is 16.3 Å². The molecule has 1 aromatic carbocycles. The maximum atomic E-state index is 11.9. The Kier molecular flexibility index (Phi) is 4.85. The number of aliphatic hydroxyl groups is 1. The van der Waals surface area contributed by atoms with Crippen molar-refractivity contribution in [2.24, 2.45) is 0 Å². The molecule has 0 saturated heterocycles. The smallest absolute Gasteiger partial charge is 0.125 e. The predicted octanol–water partition coefficient (Wildman–Crippen LogP) is 3.13. The number of hydrogen-bond donors (Lipinski definition) is 1. The van der Waals surface area contributed by atoms with E-state index in [-0.39, 0.29) is 0 Å². The van der Waals surface area contributed by atoms with Crippen LogP contribution < -0.4 is 4.74 Å². The molecule has 0 bridgehead atoms. The van der Waals surface area contributed by atoms with Crippen molar-refractivity contribution in [3.63, 3.8) is 0 Å². The van der Waals surface area contributed by atoms with Gasteiger partial charge in [-0.3, -0.25) is 4.39 Å². The zero-order valence-corrected chi connectivity index (χ0v) is 9.30. The van der Waals surface area contributed by atoms with Gasteiger partial charge in [0.25, 0.3) is 0 Å². The molecule has 0 aliphatic rings. The highest BCUT2D eigenvalue weighted by atomic mass is 35.5. The molecule has 0 heterocycles. The summed E-state index contributed by atoms with van der Waals surface area (Å²) in [5, 5.41) is 10.0. The topological polar surface area (TPSA) is 29.5 Å². The van der Waals surface area contributed by atoms with E-state index in [1.807, 2.05) is 0 Å². The molecule has 0 saturated carbocycles. The summed E-state index contributed by atoms with van der Waals surface area (Å²) in [6.07, 6.45) is -0.300. The lowest BCUT2D eigenvalue weighted by atomic mass is 10.1. The van der Waals surface area contributed by atoms with Crippen molar-refractivity contribution in [3.05, 3.63) is 28.8 Å². The fourth-order valence-electron chi connectivity index (χ4n) is 1.21. The molecule has 0 spiro atoms. The third-order valence-corrected chi connectivity index (χ3v) is 2.19. The summed E-state index contributed by atoms with van der Waals surface area (Å²) in [4.78, 5) is 0. The Morgan fingerprint density at radius 1 is 1.53 bits per heavy atom. The molecule has 1 aromatic rings. The molecule has 0 radical (unpaired) electrons. The Balaban J connectivity index is 2.77. The molecule has 1 rings (SSSR count). The molecule has 0 aliphatic carbocycles. The molecule has 4 heteroatoms. The van der Waals surface area contributed by atoms with Crippen LogP contribution in [0, 0.1) is 0 Å². The first-order valence-corrected chi connectivity index (χ1v) is 5.19. The lowest BCUT2D eigenvalue weighted by molar-refractivity contribution is 0.190. The quantitative estimate of drug-likeness (QED) is 0.791. The minimum Gasteiger partial charge on any atom is -0.493 e. The Labute approximate surface area is 93.6 Å². The second kappa shape index (κ2) is 5.93. The van der Waals surface area contributed by atoms with Gasteiger partial charge in [0.1, 0.15) is 5.75 Å². The number of aliphatic hydroxyl groups excluding tert-OH is 1. The second-order valence-electron chi connectivity index (χ2n) is 3.25. The molecule has 1 N–H and O–H groups in total. The third kappa shape index (κ3) is 3.68. The molecule has 0 fully saturated rings. The average Bonchev–Trinajstić information content (AvgIpc) is 2.20. The van der Waals surface area contributed by atoms with E-state index < -0.39 is 12.8 Å². The molecule has 2 nitrogen and oxygen atoms in total. The van der Waals surface area contributed by atoms with Crippen LogP contribution in [-0.2, 0) is 0 Å². The predicted molar refractivity (Wildman–Crippen MR) is 58.2 cm³/mol. The highest BCUT2D eigenvalue weighted by molar-refractivity contribution is 6.30. The average molecular weight is 233 g/mol. The minimum atomic E-state index is -0.649. The van der Waals surface area contributed by atoms with Crippen LogP contribution in [0.25, 0.3) is 0 Å². The van der Waals surface area contributed by atoms with Gasteiger partial charge in [0.05, 0.1) is 19.4 Å². The maximum Gasteiger partial charge on any atom is 0.125 e. The van der Waals surface area contributed by atoms with Crippen molar-refractivity contribution in [1.82, 2.24) is 0 Å². The second-order valence-corrected chi connectivity index (χ2v) is 3.69. The van der Waals surface area contributed by atoms with Gasteiger partial charge in [-0.05, 0) is 25.1 Å². The summed E-state index contributed by atoms with van der Waals surface area (Å²) in [5.74, 6) is 0.558. The third-order valence-electron chi connectivity index (χ3n) is 1.96. The summed E-state index contributed by atoms with van der Waals surface area (Å²) >= 11 is 5.80. The standard InChI is InChI=1S/C11H14ClFO2/c1-8(14)10-7-9(12)3-4-11(10)15-6-2-5-13/h3-4,7-8,14H,2,5-6H2,1H3/t8-/m0/s1. The van der Waals surface area contributed by atoms with Crippen molar-refractivity contribution in [2.75, 3.05) is 13.3 Å². The van der Waals surface area contributed by atoms with E-state index in [0.29, 0.717) is 29.4 Å². The van der Waals surface area contributed by atoms with Crippen LogP contribution in [0.5, 0.6) is 5.75 Å². The van der Waals surface area contributed by atoms with E-state index in [0.717, 1.165) is 0 Å². The van der Waals surface area contributed by atoms with Crippen molar-refractivity contribution >= 4 is 11.6 Å². The van der Waals surface area contributed by atoms with Crippen molar-refractivity contribution in [3.8, 4) is 5.75 Å². The SMILES string of the molecule is C[C@H](O)c1cc(Cl)ccc1OCCCF. The first-order chi connectivity index (χ1) is 7.15. The van der Waals surface area contributed by atoms with Gasteiger partial charge in [-0.2, -0.15) is 0 Å². The van der Waals surface area contributed by atoms with E-state index in [9.17, 15) is 9.50 Å². The van der Waals surface area contributed by atoms with Gasteiger partial charge >= 0.3 is 0 Å². The molecule has 1 atom stereocenters. The Morgan fingerprint density at radius 2 is 2.27 bits per heavy atom. The van der Waals surface area contributed by atoms with Gasteiger partial charge in [-0.1, -0.05) is 11.6 Å². The maximum absolute atomic E-state index is 11.9. The number of ether oxygens (including phenoxy) is 1. The molecule has 0 aliphatic heterocycles. The van der Waals surface area contributed by atoms with Crippen LogP contribution in [0.3, 0.4) is 0 Å². The van der Waals surface area contributed by atoms with Gasteiger partial charge in [-0.25, -0.2) is 0 Å². The first-order valence-electron chi connectivity index (χ1n) is 4.81. The van der Waals surface area contributed by atoms with Crippen molar-refractivity contribution < 1.29 is 14.2 Å². The van der Waals surface area contributed by atoms with Crippen LogP contribution in [0.15, 0.2) is 18.2 Å². The first kappa shape index (κ1) is 12.3. The van der Waals surface area contributed by atoms with Crippen molar-refractivity contribution in [2.45, 2.75) is 19.4 Å². The normalized spacial score (nSPS) is 12.5. The molecule has 0 aromatic heterocycles. The molecule has 0 amide bonds. The van der Waals surface area contributed by atoms with Crippen LogP contribution in [0.4, 0.5) is 4.39 Å². The van der Waals surface area contributed by atoms with E-state index in [1.165, 1.54) is 0 Å². The zero-order chi connectivity index (χ0) is 11.3. The van der Waals surface area contributed by atoms with E-state index in [2.05, 4.69) is 0 Å². The van der Waals surface area contributed by atoms with Crippen LogP contribution in [-0.4, -0.2) is 18.4 Å². The van der Waals surface area contributed by atoms with E-state index >= 15 is 0 Å². The Morgan fingerprint density at radius 3 is 2.87 bits per heavy atom. The summed E-state index contributed by atoms with van der Waals surface area (Å²) in [5.41, 5.74) is 0.626. The van der Waals surface area contributed by atoms with Gasteiger partial charge < -0.3 is 9.84 Å². The highest BCUT2D eigenvalue weighted by Crippen LogP contribution is 2.28. The fourth-order valence-corrected chi connectivity index (χ4v) is 1.39. The Hall–Kier alpha value is -0.800. The number of rotatable bonds is 5. The van der Waals surface area contributed by atoms with Crippen molar-refractivity contribution in [1.29, 1.82) is 0 Å². The summed E-state index contributed by atoms with van der Waals surface area (Å²) in [6, 6.07) is 5.01. The van der Waals surface area contributed by atoms with Gasteiger partial charge in [0.15, 0.2) is 0 Å². The number of hydrogen-bond acceptors (Lipinski definition) is 2. The van der Waals surface area contributed by atoms with Crippen LogP contribution >= 0.6 is 11.6 Å². The summed E-state index contributed by atoms with van der Waals surface area (Å²) in [7, 11) is 0. The molecular formula is C11H14ClFO2. The number of halogens is 2. The highest BCUT2D eigenvalue weighted by Gasteiger charge is 2.09. The van der Waals surface area contributed by atoms with Crippen LogP contribution in [0.2, 0.25) is 5.02 Å². The number of alkyl halides is 1. The largest absolute Gasteiger partial charge is 0.493 e. The molecular weight excluding hydrogens is 219 g/mol. The summed E-state index contributed by atoms with van der Waals surface area (Å²) in [6.45, 7) is 1.53. The van der Waals surface area contributed by atoms with Gasteiger partial charge in [-0.15, -0.1) is 0 Å².